The van der Waals surface area contributed by atoms with E-state index in [-0.39, 0.29) is 0 Å². The molecule has 0 spiro atoms. The van der Waals surface area contributed by atoms with Crippen molar-refractivity contribution < 1.29 is 17.7 Å². The SMILES string of the molecule is COc1ccccc1NC(C)S(=O)(=O)O. The first-order chi connectivity index (χ1) is 6.95. The average molecular weight is 231 g/mol. The zero-order valence-corrected chi connectivity index (χ0v) is 9.28. The number of benzene rings is 1. The van der Waals surface area contributed by atoms with Crippen molar-refractivity contribution in [2.45, 2.75) is 12.3 Å². The smallest absolute Gasteiger partial charge is 0.285 e. The molecule has 1 atom stereocenters. The number of anilines is 1. The van der Waals surface area contributed by atoms with Gasteiger partial charge in [-0.2, -0.15) is 8.42 Å². The molecule has 0 radical (unpaired) electrons. The lowest BCUT2D eigenvalue weighted by Crippen LogP contribution is -2.25. The van der Waals surface area contributed by atoms with Gasteiger partial charge in [0.15, 0.2) is 5.37 Å². The Hall–Kier alpha value is -1.27. The molecule has 1 unspecified atom stereocenters. The first kappa shape index (κ1) is 11.8. The van der Waals surface area contributed by atoms with E-state index in [1.54, 1.807) is 24.3 Å². The minimum absolute atomic E-state index is 0.519. The van der Waals surface area contributed by atoms with E-state index in [9.17, 15) is 8.42 Å². The summed E-state index contributed by atoms with van der Waals surface area (Å²) in [7, 11) is -2.61. The van der Waals surface area contributed by atoms with Crippen molar-refractivity contribution in [3.8, 4) is 5.75 Å². The largest absolute Gasteiger partial charge is 0.495 e. The van der Waals surface area contributed by atoms with E-state index in [2.05, 4.69) is 5.32 Å². The summed E-state index contributed by atoms with van der Waals surface area (Å²) < 4.78 is 35.4. The van der Waals surface area contributed by atoms with Gasteiger partial charge in [0.05, 0.1) is 12.8 Å². The molecule has 1 aromatic carbocycles. The molecule has 0 aliphatic rings. The van der Waals surface area contributed by atoms with Crippen LogP contribution in [0.25, 0.3) is 0 Å². The highest BCUT2D eigenvalue weighted by molar-refractivity contribution is 7.86. The standard InChI is InChI=1S/C9H13NO4S/c1-7(15(11,12)13)10-8-5-3-4-6-9(8)14-2/h3-7,10H,1-2H3,(H,11,12,13). The topological polar surface area (TPSA) is 75.6 Å². The van der Waals surface area contributed by atoms with Crippen molar-refractivity contribution in [1.29, 1.82) is 0 Å². The zero-order valence-electron chi connectivity index (χ0n) is 8.47. The van der Waals surface area contributed by atoms with Crippen molar-refractivity contribution >= 4 is 15.8 Å². The predicted octanol–water partition coefficient (Wildman–Crippen LogP) is 1.34. The van der Waals surface area contributed by atoms with Crippen LogP contribution in [0.5, 0.6) is 5.75 Å². The van der Waals surface area contributed by atoms with Crippen molar-refractivity contribution in [1.82, 2.24) is 0 Å². The van der Waals surface area contributed by atoms with E-state index in [0.717, 1.165) is 0 Å². The number of rotatable bonds is 4. The molecule has 0 saturated carbocycles. The summed E-state index contributed by atoms with van der Waals surface area (Å²) in [6.45, 7) is 1.35. The van der Waals surface area contributed by atoms with Crippen molar-refractivity contribution in [2.75, 3.05) is 12.4 Å². The van der Waals surface area contributed by atoms with Gasteiger partial charge in [-0.05, 0) is 19.1 Å². The highest BCUT2D eigenvalue weighted by Gasteiger charge is 2.17. The third-order valence-corrected chi connectivity index (χ3v) is 2.92. The van der Waals surface area contributed by atoms with Gasteiger partial charge in [0, 0.05) is 0 Å². The summed E-state index contributed by atoms with van der Waals surface area (Å²) in [4.78, 5) is 0. The van der Waals surface area contributed by atoms with Crippen LogP contribution in [0.15, 0.2) is 24.3 Å². The van der Waals surface area contributed by atoms with Crippen LogP contribution in [-0.2, 0) is 10.1 Å². The maximum atomic E-state index is 10.8. The predicted molar refractivity (Wildman–Crippen MR) is 57.6 cm³/mol. The maximum Gasteiger partial charge on any atom is 0.285 e. The lowest BCUT2D eigenvalue weighted by atomic mass is 10.3. The Morgan fingerprint density at radius 1 is 1.40 bits per heavy atom. The number of hydrogen-bond acceptors (Lipinski definition) is 4. The van der Waals surface area contributed by atoms with Crippen molar-refractivity contribution in [3.63, 3.8) is 0 Å². The van der Waals surface area contributed by atoms with E-state index in [4.69, 9.17) is 9.29 Å². The van der Waals surface area contributed by atoms with E-state index in [0.29, 0.717) is 11.4 Å². The van der Waals surface area contributed by atoms with E-state index >= 15 is 0 Å². The molecule has 5 nitrogen and oxygen atoms in total. The third-order valence-electron chi connectivity index (χ3n) is 1.91. The lowest BCUT2D eigenvalue weighted by Gasteiger charge is -2.14. The highest BCUT2D eigenvalue weighted by atomic mass is 32.2. The van der Waals surface area contributed by atoms with Crippen LogP contribution >= 0.6 is 0 Å². The first-order valence-electron chi connectivity index (χ1n) is 4.31. The fourth-order valence-electron chi connectivity index (χ4n) is 1.06. The fourth-order valence-corrected chi connectivity index (χ4v) is 1.33. The molecule has 2 N–H and O–H groups in total. The Bertz CT molecular complexity index is 429. The van der Waals surface area contributed by atoms with Gasteiger partial charge in [-0.3, -0.25) is 4.55 Å². The molecule has 0 aromatic heterocycles. The molecular weight excluding hydrogens is 218 g/mol. The van der Waals surface area contributed by atoms with Crippen LogP contribution in [0.3, 0.4) is 0 Å². The fraction of sp³-hybridized carbons (Fsp3) is 0.333. The van der Waals surface area contributed by atoms with Gasteiger partial charge in [0.1, 0.15) is 5.75 Å². The van der Waals surface area contributed by atoms with Crippen LogP contribution in [0.2, 0.25) is 0 Å². The Morgan fingerprint density at radius 3 is 2.53 bits per heavy atom. The summed E-state index contributed by atoms with van der Waals surface area (Å²) in [6.07, 6.45) is 0. The van der Waals surface area contributed by atoms with Crippen LogP contribution in [0.1, 0.15) is 6.92 Å². The summed E-state index contributed by atoms with van der Waals surface area (Å²) in [5.74, 6) is 0.521. The second-order valence-electron chi connectivity index (χ2n) is 3.00. The molecular formula is C9H13NO4S. The molecule has 0 aliphatic carbocycles. The Morgan fingerprint density at radius 2 is 2.00 bits per heavy atom. The molecule has 1 aromatic rings. The quantitative estimate of drug-likeness (QED) is 0.765. The van der Waals surface area contributed by atoms with Crippen LogP contribution in [0, 0.1) is 0 Å². The van der Waals surface area contributed by atoms with Crippen molar-refractivity contribution in [2.24, 2.45) is 0 Å². The molecule has 0 aliphatic heterocycles. The second-order valence-corrected chi connectivity index (χ2v) is 4.74. The minimum Gasteiger partial charge on any atom is -0.495 e. The van der Waals surface area contributed by atoms with Crippen molar-refractivity contribution in [3.05, 3.63) is 24.3 Å². The Labute approximate surface area is 88.8 Å². The van der Waals surface area contributed by atoms with Crippen LogP contribution < -0.4 is 10.1 Å². The molecule has 15 heavy (non-hydrogen) atoms. The lowest BCUT2D eigenvalue weighted by molar-refractivity contribution is 0.416. The summed E-state index contributed by atoms with van der Waals surface area (Å²) in [5, 5.41) is 1.56. The summed E-state index contributed by atoms with van der Waals surface area (Å²) >= 11 is 0. The minimum atomic E-state index is -4.09. The highest BCUT2D eigenvalue weighted by Crippen LogP contribution is 2.24. The van der Waals surface area contributed by atoms with E-state index < -0.39 is 15.5 Å². The number of hydrogen-bond donors (Lipinski definition) is 2. The number of methoxy groups -OCH3 is 1. The molecule has 0 heterocycles. The van der Waals surface area contributed by atoms with Gasteiger partial charge in [-0.1, -0.05) is 12.1 Å². The second kappa shape index (κ2) is 4.50. The third kappa shape index (κ3) is 3.10. The maximum absolute atomic E-state index is 10.8. The van der Waals surface area contributed by atoms with Gasteiger partial charge >= 0.3 is 0 Å². The monoisotopic (exact) mass is 231 g/mol. The number of ether oxygens (including phenoxy) is 1. The molecule has 6 heteroatoms. The Balaban J connectivity index is 2.90. The van der Waals surface area contributed by atoms with Crippen LogP contribution in [-0.4, -0.2) is 25.5 Å². The van der Waals surface area contributed by atoms with Gasteiger partial charge in [0.25, 0.3) is 10.1 Å². The van der Waals surface area contributed by atoms with E-state index in [1.807, 2.05) is 0 Å². The Kier molecular flexibility index (Phi) is 3.54. The van der Waals surface area contributed by atoms with Gasteiger partial charge in [-0.25, -0.2) is 0 Å². The summed E-state index contributed by atoms with van der Waals surface area (Å²) in [5.41, 5.74) is 0.519. The molecule has 84 valence electrons. The molecule has 0 bridgehead atoms. The van der Waals surface area contributed by atoms with Gasteiger partial charge < -0.3 is 10.1 Å². The number of para-hydroxylation sites is 2. The molecule has 0 amide bonds. The number of nitrogens with one attached hydrogen (secondary N) is 1. The zero-order chi connectivity index (χ0) is 11.5. The molecule has 0 fully saturated rings. The first-order valence-corrected chi connectivity index (χ1v) is 5.81. The molecule has 1 rings (SSSR count). The van der Waals surface area contributed by atoms with E-state index in [1.165, 1.54) is 14.0 Å². The van der Waals surface area contributed by atoms with Gasteiger partial charge in [-0.15, -0.1) is 0 Å². The van der Waals surface area contributed by atoms with Gasteiger partial charge in [0.2, 0.25) is 0 Å². The van der Waals surface area contributed by atoms with Crippen LogP contribution in [0.4, 0.5) is 5.69 Å². The summed E-state index contributed by atoms with van der Waals surface area (Å²) in [6, 6.07) is 6.86. The normalized spacial score (nSPS) is 13.3. The average Bonchev–Trinajstić information content (AvgIpc) is 2.17. The molecule has 0 saturated heterocycles.